The zero-order chi connectivity index (χ0) is 15.1. The first kappa shape index (κ1) is 13.7. The Morgan fingerprint density at radius 1 is 1.00 bits per heavy atom. The Labute approximate surface area is 123 Å². The van der Waals surface area contributed by atoms with E-state index in [1.807, 2.05) is 52.0 Å². The van der Waals surface area contributed by atoms with E-state index in [2.05, 4.69) is 0 Å². The highest BCUT2D eigenvalue weighted by molar-refractivity contribution is 6.18. The summed E-state index contributed by atoms with van der Waals surface area (Å²) in [5.74, 6) is 2.19. The number of ketones is 1. The van der Waals surface area contributed by atoms with Gasteiger partial charge in [-0.05, 0) is 26.8 Å². The van der Waals surface area contributed by atoms with Crippen molar-refractivity contribution >= 4 is 16.8 Å². The van der Waals surface area contributed by atoms with Crippen LogP contribution >= 0.6 is 0 Å². The van der Waals surface area contributed by atoms with Crippen LogP contribution in [0.3, 0.4) is 0 Å². The number of hydrogen-bond donors (Lipinski definition) is 0. The van der Waals surface area contributed by atoms with E-state index in [0.717, 1.165) is 28.1 Å². The molecule has 0 unspecified atom stereocenters. The summed E-state index contributed by atoms with van der Waals surface area (Å²) in [4.78, 5) is 13.0. The second-order valence-electron chi connectivity index (χ2n) is 5.29. The highest BCUT2D eigenvalue weighted by Gasteiger charge is 2.26. The molecule has 21 heavy (non-hydrogen) atoms. The third-order valence-electron chi connectivity index (χ3n) is 4.00. The molecule has 0 aliphatic rings. The quantitative estimate of drug-likeness (QED) is 0.651. The summed E-state index contributed by atoms with van der Waals surface area (Å²) in [6, 6.07) is 7.67. The van der Waals surface area contributed by atoms with Crippen molar-refractivity contribution in [2.45, 2.75) is 34.1 Å². The second kappa shape index (κ2) is 4.92. The van der Waals surface area contributed by atoms with Gasteiger partial charge in [-0.1, -0.05) is 25.1 Å². The molecule has 0 fully saturated rings. The van der Waals surface area contributed by atoms with Crippen LogP contribution in [0.1, 0.15) is 45.7 Å². The van der Waals surface area contributed by atoms with Gasteiger partial charge >= 0.3 is 0 Å². The summed E-state index contributed by atoms with van der Waals surface area (Å²) >= 11 is 0. The number of carbonyl (C=O) groups excluding carboxylic acids is 1. The standard InChI is InChI=1S/C18H18O3/c1-5-14-17(13-8-6-7-9-15(13)21-14)18(19)16-10(2)11(3)20-12(16)4/h6-9H,5H2,1-4H3. The molecule has 0 radical (unpaired) electrons. The third-order valence-corrected chi connectivity index (χ3v) is 4.00. The van der Waals surface area contributed by atoms with Crippen LogP contribution in [0.5, 0.6) is 0 Å². The van der Waals surface area contributed by atoms with E-state index in [4.69, 9.17) is 8.83 Å². The lowest BCUT2D eigenvalue weighted by Crippen LogP contribution is -2.05. The molecule has 108 valence electrons. The highest BCUT2D eigenvalue weighted by Crippen LogP contribution is 2.31. The smallest absolute Gasteiger partial charge is 0.200 e. The average molecular weight is 282 g/mol. The molecule has 0 bridgehead atoms. The maximum atomic E-state index is 13.0. The Hall–Kier alpha value is -2.29. The summed E-state index contributed by atoms with van der Waals surface area (Å²) in [5, 5.41) is 0.872. The van der Waals surface area contributed by atoms with E-state index in [0.29, 0.717) is 23.3 Å². The maximum Gasteiger partial charge on any atom is 0.200 e. The van der Waals surface area contributed by atoms with Gasteiger partial charge in [0, 0.05) is 17.4 Å². The normalized spacial score (nSPS) is 11.2. The lowest BCUT2D eigenvalue weighted by atomic mass is 9.97. The summed E-state index contributed by atoms with van der Waals surface area (Å²) in [6.45, 7) is 7.64. The van der Waals surface area contributed by atoms with Crippen LogP contribution in [-0.4, -0.2) is 5.78 Å². The fourth-order valence-corrected chi connectivity index (χ4v) is 2.85. The number of benzene rings is 1. The monoisotopic (exact) mass is 282 g/mol. The second-order valence-corrected chi connectivity index (χ2v) is 5.29. The number of fused-ring (bicyclic) bond motifs is 1. The molecule has 0 amide bonds. The summed E-state index contributed by atoms with van der Waals surface area (Å²) in [6.07, 6.45) is 0.685. The van der Waals surface area contributed by atoms with Crippen molar-refractivity contribution in [1.29, 1.82) is 0 Å². The molecular weight excluding hydrogens is 264 g/mol. The van der Waals surface area contributed by atoms with Gasteiger partial charge < -0.3 is 8.83 Å². The van der Waals surface area contributed by atoms with Gasteiger partial charge in [0.2, 0.25) is 5.78 Å². The Bertz CT molecular complexity index is 834. The molecule has 3 rings (SSSR count). The maximum absolute atomic E-state index is 13.0. The minimum atomic E-state index is -0.0105. The van der Waals surface area contributed by atoms with E-state index in [-0.39, 0.29) is 5.78 Å². The minimum Gasteiger partial charge on any atom is -0.466 e. The van der Waals surface area contributed by atoms with E-state index in [1.54, 1.807) is 0 Å². The Morgan fingerprint density at radius 3 is 2.33 bits per heavy atom. The molecule has 0 atom stereocenters. The van der Waals surface area contributed by atoms with Gasteiger partial charge in [-0.25, -0.2) is 0 Å². The number of furan rings is 2. The SMILES string of the molecule is CCc1oc2ccccc2c1C(=O)c1c(C)oc(C)c1C. The molecule has 3 aromatic rings. The van der Waals surface area contributed by atoms with Crippen LogP contribution in [0.25, 0.3) is 11.0 Å². The molecule has 0 N–H and O–H groups in total. The fourth-order valence-electron chi connectivity index (χ4n) is 2.85. The van der Waals surface area contributed by atoms with Crippen LogP contribution in [0.15, 0.2) is 33.1 Å². The lowest BCUT2D eigenvalue weighted by molar-refractivity contribution is 0.103. The van der Waals surface area contributed by atoms with Crippen molar-refractivity contribution in [3.63, 3.8) is 0 Å². The van der Waals surface area contributed by atoms with Gasteiger partial charge in [0.25, 0.3) is 0 Å². The van der Waals surface area contributed by atoms with Crippen molar-refractivity contribution in [3.05, 3.63) is 58.2 Å². The van der Waals surface area contributed by atoms with E-state index >= 15 is 0 Å². The van der Waals surface area contributed by atoms with E-state index < -0.39 is 0 Å². The minimum absolute atomic E-state index is 0.0105. The van der Waals surface area contributed by atoms with Crippen LogP contribution in [-0.2, 0) is 6.42 Å². The zero-order valence-corrected chi connectivity index (χ0v) is 12.7. The Morgan fingerprint density at radius 2 is 1.71 bits per heavy atom. The summed E-state index contributed by atoms with van der Waals surface area (Å²) in [5.41, 5.74) is 2.99. The molecule has 1 aromatic carbocycles. The molecule has 3 nitrogen and oxygen atoms in total. The molecule has 0 aliphatic carbocycles. The molecule has 0 aliphatic heterocycles. The van der Waals surface area contributed by atoms with Crippen LogP contribution in [0, 0.1) is 20.8 Å². The molecule has 2 aromatic heterocycles. The average Bonchev–Trinajstić information content (AvgIpc) is 2.96. The van der Waals surface area contributed by atoms with Gasteiger partial charge in [0.1, 0.15) is 22.9 Å². The van der Waals surface area contributed by atoms with Crippen molar-refractivity contribution in [3.8, 4) is 0 Å². The molecule has 0 saturated carbocycles. The van der Waals surface area contributed by atoms with Gasteiger partial charge in [-0.2, -0.15) is 0 Å². The summed E-state index contributed by atoms with van der Waals surface area (Å²) in [7, 11) is 0. The van der Waals surface area contributed by atoms with Crippen LogP contribution in [0.4, 0.5) is 0 Å². The Balaban J connectivity index is 2.26. The highest BCUT2D eigenvalue weighted by atomic mass is 16.3. The molecule has 2 heterocycles. The molecule has 0 saturated heterocycles. The largest absolute Gasteiger partial charge is 0.466 e. The van der Waals surface area contributed by atoms with Crippen molar-refractivity contribution in [2.75, 3.05) is 0 Å². The topological polar surface area (TPSA) is 43.4 Å². The van der Waals surface area contributed by atoms with E-state index in [1.165, 1.54) is 0 Å². The predicted octanol–water partition coefficient (Wildman–Crippen LogP) is 4.74. The summed E-state index contributed by atoms with van der Waals surface area (Å²) < 4.78 is 11.4. The van der Waals surface area contributed by atoms with Crippen molar-refractivity contribution in [2.24, 2.45) is 0 Å². The lowest BCUT2D eigenvalue weighted by Gasteiger charge is -2.02. The molecular formula is C18H18O3. The van der Waals surface area contributed by atoms with Gasteiger partial charge in [-0.3, -0.25) is 4.79 Å². The number of carbonyl (C=O) groups is 1. The first-order chi connectivity index (χ1) is 10.0. The zero-order valence-electron chi connectivity index (χ0n) is 12.7. The molecule has 0 spiro atoms. The first-order valence-corrected chi connectivity index (χ1v) is 7.16. The number of hydrogen-bond acceptors (Lipinski definition) is 3. The van der Waals surface area contributed by atoms with Crippen LogP contribution < -0.4 is 0 Å². The number of para-hydroxylation sites is 1. The third kappa shape index (κ3) is 2.00. The van der Waals surface area contributed by atoms with Gasteiger partial charge in [0.05, 0.1) is 11.1 Å². The Kier molecular flexibility index (Phi) is 3.20. The fraction of sp³-hybridized carbons (Fsp3) is 0.278. The predicted molar refractivity (Wildman–Crippen MR) is 81.9 cm³/mol. The van der Waals surface area contributed by atoms with E-state index in [9.17, 15) is 4.79 Å². The molecule has 3 heteroatoms. The number of aryl methyl sites for hydroxylation is 3. The van der Waals surface area contributed by atoms with Crippen LogP contribution in [0.2, 0.25) is 0 Å². The van der Waals surface area contributed by atoms with Crippen molar-refractivity contribution in [1.82, 2.24) is 0 Å². The number of rotatable bonds is 3. The van der Waals surface area contributed by atoms with Crippen molar-refractivity contribution < 1.29 is 13.6 Å². The van der Waals surface area contributed by atoms with Gasteiger partial charge in [0.15, 0.2) is 0 Å². The van der Waals surface area contributed by atoms with Gasteiger partial charge in [-0.15, -0.1) is 0 Å². The first-order valence-electron chi connectivity index (χ1n) is 7.16.